The van der Waals surface area contributed by atoms with Crippen molar-refractivity contribution in [2.24, 2.45) is 4.99 Å². The van der Waals surface area contributed by atoms with Crippen molar-refractivity contribution in [2.45, 2.75) is 91.4 Å². The monoisotopic (exact) mass is 377 g/mol. The van der Waals surface area contributed by atoms with Crippen molar-refractivity contribution in [1.82, 2.24) is 30.3 Å². The maximum atomic E-state index is 4.66. The average molecular weight is 378 g/mol. The number of guanidine groups is 1. The molecule has 1 aliphatic heterocycles. The summed E-state index contributed by atoms with van der Waals surface area (Å²) in [5.41, 5.74) is 0. The first kappa shape index (κ1) is 21.7. The number of rotatable bonds is 8. The lowest BCUT2D eigenvalue weighted by Gasteiger charge is -2.30. The van der Waals surface area contributed by atoms with Gasteiger partial charge in [0.25, 0.3) is 0 Å². The normalized spacial score (nSPS) is 17.9. The molecule has 1 unspecified atom stereocenters. The Hall–Kier alpha value is -1.63. The summed E-state index contributed by atoms with van der Waals surface area (Å²) in [5, 5.41) is 11.7. The van der Waals surface area contributed by atoms with E-state index in [-0.39, 0.29) is 0 Å². The fourth-order valence-corrected chi connectivity index (χ4v) is 3.66. The molecule has 1 atom stereocenters. The number of aliphatic imine (C=N–C) groups is 1. The molecule has 1 aromatic heterocycles. The predicted octanol–water partition coefficient (Wildman–Crippen LogP) is 2.39. The van der Waals surface area contributed by atoms with E-state index in [0.29, 0.717) is 24.0 Å². The first-order chi connectivity index (χ1) is 12.8. The molecule has 1 aromatic rings. The third kappa shape index (κ3) is 6.19. The Morgan fingerprint density at radius 2 is 1.93 bits per heavy atom. The number of aryl methyl sites for hydroxylation is 1. The number of hydrogen-bond donors (Lipinski definition) is 2. The minimum atomic E-state index is 0.341. The van der Waals surface area contributed by atoms with Crippen molar-refractivity contribution < 1.29 is 0 Å². The SMILES string of the molecule is CN=C(NCCCN(C(C)C)C(C)C)NC1CCc2nc(C(C)C)nn2C1. The van der Waals surface area contributed by atoms with Gasteiger partial charge in [-0.15, -0.1) is 0 Å². The van der Waals surface area contributed by atoms with E-state index >= 15 is 0 Å². The molecule has 154 valence electrons. The molecule has 0 saturated heterocycles. The molecule has 0 aromatic carbocycles. The highest BCUT2D eigenvalue weighted by atomic mass is 15.4. The van der Waals surface area contributed by atoms with E-state index < -0.39 is 0 Å². The van der Waals surface area contributed by atoms with Gasteiger partial charge < -0.3 is 10.6 Å². The molecule has 27 heavy (non-hydrogen) atoms. The van der Waals surface area contributed by atoms with Crippen LogP contribution in [0.15, 0.2) is 4.99 Å². The molecule has 0 fully saturated rings. The van der Waals surface area contributed by atoms with Gasteiger partial charge in [-0.05, 0) is 40.5 Å². The molecule has 0 spiro atoms. The number of fused-ring (bicyclic) bond motifs is 1. The summed E-state index contributed by atoms with van der Waals surface area (Å²) in [7, 11) is 1.84. The zero-order valence-electron chi connectivity index (χ0n) is 18.3. The van der Waals surface area contributed by atoms with E-state index in [0.717, 1.165) is 56.5 Å². The van der Waals surface area contributed by atoms with Crippen molar-refractivity contribution in [1.29, 1.82) is 0 Å². The van der Waals surface area contributed by atoms with Crippen molar-refractivity contribution in [3.05, 3.63) is 11.6 Å². The van der Waals surface area contributed by atoms with Gasteiger partial charge >= 0.3 is 0 Å². The third-order valence-electron chi connectivity index (χ3n) is 5.17. The summed E-state index contributed by atoms with van der Waals surface area (Å²) in [6.45, 7) is 16.2. The number of hydrogen-bond acceptors (Lipinski definition) is 4. The van der Waals surface area contributed by atoms with Crippen molar-refractivity contribution >= 4 is 5.96 Å². The highest BCUT2D eigenvalue weighted by molar-refractivity contribution is 5.79. The molecular formula is C20H39N7. The van der Waals surface area contributed by atoms with Gasteiger partial charge in [-0.1, -0.05) is 13.8 Å². The highest BCUT2D eigenvalue weighted by Gasteiger charge is 2.23. The molecule has 2 N–H and O–H groups in total. The Labute approximate surface area is 165 Å². The van der Waals surface area contributed by atoms with Crippen LogP contribution in [0, 0.1) is 0 Å². The van der Waals surface area contributed by atoms with E-state index in [1.54, 1.807) is 0 Å². The van der Waals surface area contributed by atoms with Gasteiger partial charge in [-0.25, -0.2) is 9.67 Å². The molecule has 0 saturated carbocycles. The van der Waals surface area contributed by atoms with E-state index in [1.807, 2.05) is 7.05 Å². The molecule has 0 radical (unpaired) electrons. The van der Waals surface area contributed by atoms with Crippen molar-refractivity contribution in [3.63, 3.8) is 0 Å². The summed E-state index contributed by atoms with van der Waals surface area (Å²) >= 11 is 0. The molecule has 2 rings (SSSR count). The lowest BCUT2D eigenvalue weighted by Crippen LogP contribution is -2.47. The molecule has 7 heteroatoms. The van der Waals surface area contributed by atoms with Crippen molar-refractivity contribution in [2.75, 3.05) is 20.1 Å². The zero-order chi connectivity index (χ0) is 20.0. The van der Waals surface area contributed by atoms with E-state index in [9.17, 15) is 0 Å². The Morgan fingerprint density at radius 3 is 2.52 bits per heavy atom. The summed E-state index contributed by atoms with van der Waals surface area (Å²) in [4.78, 5) is 11.6. The van der Waals surface area contributed by atoms with Crippen LogP contribution >= 0.6 is 0 Å². The summed E-state index contributed by atoms with van der Waals surface area (Å²) < 4.78 is 2.06. The third-order valence-corrected chi connectivity index (χ3v) is 5.17. The fraction of sp³-hybridized carbons (Fsp3) is 0.850. The quantitative estimate of drug-likeness (QED) is 0.413. The van der Waals surface area contributed by atoms with Crippen LogP contribution in [-0.2, 0) is 13.0 Å². The summed E-state index contributed by atoms with van der Waals surface area (Å²) in [6.07, 6.45) is 3.13. The molecular weight excluding hydrogens is 338 g/mol. The first-order valence-electron chi connectivity index (χ1n) is 10.5. The largest absolute Gasteiger partial charge is 0.356 e. The topological polar surface area (TPSA) is 70.4 Å². The second-order valence-electron chi connectivity index (χ2n) is 8.38. The van der Waals surface area contributed by atoms with Crippen LogP contribution in [0.2, 0.25) is 0 Å². The second-order valence-corrected chi connectivity index (χ2v) is 8.38. The Balaban J connectivity index is 1.78. The van der Waals surface area contributed by atoms with Crippen LogP contribution in [-0.4, -0.2) is 63.9 Å². The maximum Gasteiger partial charge on any atom is 0.191 e. The van der Waals surface area contributed by atoms with Crippen molar-refractivity contribution in [3.8, 4) is 0 Å². The smallest absolute Gasteiger partial charge is 0.191 e. The standard InChI is InChI=1S/C20H39N7/c1-14(2)19-24-18-10-9-17(13-27(18)25-19)23-20(21-7)22-11-8-12-26(15(3)4)16(5)6/h14-17H,8-13H2,1-7H3,(H2,21,22,23). The maximum absolute atomic E-state index is 4.66. The molecule has 2 heterocycles. The molecule has 0 bridgehead atoms. The van der Waals surface area contributed by atoms with Gasteiger partial charge in [0.2, 0.25) is 0 Å². The van der Waals surface area contributed by atoms with Crippen LogP contribution in [0.25, 0.3) is 0 Å². The van der Waals surface area contributed by atoms with Crippen LogP contribution in [0.5, 0.6) is 0 Å². The molecule has 7 nitrogen and oxygen atoms in total. The highest BCUT2D eigenvalue weighted by Crippen LogP contribution is 2.16. The fourth-order valence-electron chi connectivity index (χ4n) is 3.66. The van der Waals surface area contributed by atoms with Gasteiger partial charge in [0.05, 0.1) is 6.54 Å². The van der Waals surface area contributed by atoms with Gasteiger partial charge in [0.1, 0.15) is 5.82 Å². The van der Waals surface area contributed by atoms with Crippen LogP contribution in [0.1, 0.15) is 72.0 Å². The molecule has 1 aliphatic rings. The van der Waals surface area contributed by atoms with Crippen LogP contribution in [0.3, 0.4) is 0 Å². The van der Waals surface area contributed by atoms with E-state index in [4.69, 9.17) is 0 Å². The van der Waals surface area contributed by atoms with Gasteiger partial charge in [0.15, 0.2) is 11.8 Å². The molecule has 0 amide bonds. The minimum Gasteiger partial charge on any atom is -0.356 e. The molecule has 0 aliphatic carbocycles. The zero-order valence-corrected chi connectivity index (χ0v) is 18.3. The minimum absolute atomic E-state index is 0.341. The van der Waals surface area contributed by atoms with Gasteiger partial charge in [-0.3, -0.25) is 9.89 Å². The Bertz CT molecular complexity index is 595. The Morgan fingerprint density at radius 1 is 1.22 bits per heavy atom. The second kappa shape index (κ2) is 10.1. The summed E-state index contributed by atoms with van der Waals surface area (Å²) in [5.74, 6) is 3.32. The lowest BCUT2D eigenvalue weighted by atomic mass is 10.1. The number of nitrogens with one attached hydrogen (secondary N) is 2. The van der Waals surface area contributed by atoms with Crippen LogP contribution in [0.4, 0.5) is 0 Å². The Kier molecular flexibility index (Phi) is 8.07. The first-order valence-corrected chi connectivity index (χ1v) is 10.5. The number of nitrogens with zero attached hydrogens (tertiary/aromatic N) is 5. The average Bonchev–Trinajstić information content (AvgIpc) is 3.03. The predicted molar refractivity (Wildman–Crippen MR) is 112 cm³/mol. The van der Waals surface area contributed by atoms with Gasteiger partial charge in [-0.2, -0.15) is 5.10 Å². The number of aromatic nitrogens is 3. The summed E-state index contributed by atoms with van der Waals surface area (Å²) in [6, 6.07) is 1.50. The van der Waals surface area contributed by atoms with Crippen LogP contribution < -0.4 is 10.6 Å². The van der Waals surface area contributed by atoms with E-state index in [2.05, 4.69) is 76.8 Å². The van der Waals surface area contributed by atoms with E-state index in [1.165, 1.54) is 0 Å². The van der Waals surface area contributed by atoms with Gasteiger partial charge in [0, 0.05) is 50.6 Å². The lowest BCUT2D eigenvalue weighted by molar-refractivity contribution is 0.173.